The van der Waals surface area contributed by atoms with Crippen molar-refractivity contribution in [2.45, 2.75) is 6.54 Å². The molecule has 0 saturated heterocycles. The Morgan fingerprint density at radius 3 is 2.65 bits per heavy atom. The Labute approximate surface area is 147 Å². The first-order valence-corrected chi connectivity index (χ1v) is 8.13. The number of aromatic nitrogens is 2. The zero-order chi connectivity index (χ0) is 16.2. The minimum atomic E-state index is -0.221. The van der Waals surface area contributed by atoms with E-state index in [9.17, 15) is 4.79 Å². The summed E-state index contributed by atoms with van der Waals surface area (Å²) in [6.45, 7) is 0.366. The summed E-state index contributed by atoms with van der Waals surface area (Å²) in [5.41, 5.74) is 2.94. The van der Waals surface area contributed by atoms with E-state index in [2.05, 4.69) is 31.4 Å². The predicted octanol–water partition coefficient (Wildman–Crippen LogP) is 4.42. The van der Waals surface area contributed by atoms with Crippen molar-refractivity contribution < 1.29 is 4.79 Å². The molecule has 2 aromatic carbocycles. The number of carbonyl (C=O) groups excluding carboxylic acids is 1. The SMILES string of the molecule is O=C(NCc1ccccc1Cl)c1cc(-c2ccc(Br)cc2)n[nH]1. The molecule has 4 nitrogen and oxygen atoms in total. The van der Waals surface area contributed by atoms with Gasteiger partial charge >= 0.3 is 0 Å². The van der Waals surface area contributed by atoms with Crippen molar-refractivity contribution >= 4 is 33.4 Å². The number of halogens is 2. The Hall–Kier alpha value is -2.11. The molecule has 1 aromatic heterocycles. The highest BCUT2D eigenvalue weighted by molar-refractivity contribution is 9.10. The number of hydrogen-bond donors (Lipinski definition) is 2. The summed E-state index contributed by atoms with van der Waals surface area (Å²) in [6, 6.07) is 16.9. The number of benzene rings is 2. The quantitative estimate of drug-likeness (QED) is 0.692. The number of hydrogen-bond acceptors (Lipinski definition) is 2. The number of aromatic amines is 1. The lowest BCUT2D eigenvalue weighted by molar-refractivity contribution is 0.0946. The van der Waals surface area contributed by atoms with Gasteiger partial charge in [-0.1, -0.05) is 57.9 Å². The van der Waals surface area contributed by atoms with E-state index in [-0.39, 0.29) is 5.91 Å². The lowest BCUT2D eigenvalue weighted by Gasteiger charge is -2.05. The van der Waals surface area contributed by atoms with Gasteiger partial charge in [-0.2, -0.15) is 5.10 Å². The minimum Gasteiger partial charge on any atom is -0.347 e. The van der Waals surface area contributed by atoms with Gasteiger partial charge in [0, 0.05) is 21.6 Å². The van der Waals surface area contributed by atoms with E-state index in [1.807, 2.05) is 42.5 Å². The van der Waals surface area contributed by atoms with Gasteiger partial charge in [-0.15, -0.1) is 0 Å². The number of nitrogens with zero attached hydrogens (tertiary/aromatic N) is 1. The van der Waals surface area contributed by atoms with Crippen molar-refractivity contribution in [3.63, 3.8) is 0 Å². The van der Waals surface area contributed by atoms with Gasteiger partial charge in [0.25, 0.3) is 5.91 Å². The molecule has 0 spiro atoms. The lowest BCUT2D eigenvalue weighted by Crippen LogP contribution is -2.23. The minimum absolute atomic E-state index is 0.221. The van der Waals surface area contributed by atoms with Crippen LogP contribution in [0.15, 0.2) is 59.1 Å². The van der Waals surface area contributed by atoms with Gasteiger partial charge in [0.2, 0.25) is 0 Å². The zero-order valence-electron chi connectivity index (χ0n) is 12.0. The molecule has 0 bridgehead atoms. The molecule has 0 saturated carbocycles. The van der Waals surface area contributed by atoms with Crippen LogP contribution >= 0.6 is 27.5 Å². The first kappa shape index (κ1) is 15.8. The van der Waals surface area contributed by atoms with Crippen molar-refractivity contribution in [3.05, 3.63) is 75.4 Å². The van der Waals surface area contributed by atoms with Crippen LogP contribution in [-0.2, 0) is 6.54 Å². The number of nitrogens with one attached hydrogen (secondary N) is 2. The fraction of sp³-hybridized carbons (Fsp3) is 0.0588. The smallest absolute Gasteiger partial charge is 0.269 e. The molecule has 1 heterocycles. The maximum atomic E-state index is 12.2. The third-order valence-corrected chi connectivity index (χ3v) is 4.26. The molecule has 0 fully saturated rings. The molecule has 2 N–H and O–H groups in total. The summed E-state index contributed by atoms with van der Waals surface area (Å²) >= 11 is 9.47. The van der Waals surface area contributed by atoms with E-state index in [1.54, 1.807) is 12.1 Å². The van der Waals surface area contributed by atoms with Crippen molar-refractivity contribution in [2.75, 3.05) is 0 Å². The largest absolute Gasteiger partial charge is 0.347 e. The van der Waals surface area contributed by atoms with Crippen LogP contribution in [0.4, 0.5) is 0 Å². The van der Waals surface area contributed by atoms with Crippen LogP contribution in [0, 0.1) is 0 Å². The third-order valence-electron chi connectivity index (χ3n) is 3.36. The summed E-state index contributed by atoms with van der Waals surface area (Å²) in [7, 11) is 0. The first-order valence-electron chi connectivity index (χ1n) is 6.96. The van der Waals surface area contributed by atoms with Gasteiger partial charge in [0.05, 0.1) is 5.69 Å². The molecule has 0 radical (unpaired) electrons. The number of carbonyl (C=O) groups is 1. The second-order valence-electron chi connectivity index (χ2n) is 4.95. The maximum absolute atomic E-state index is 12.2. The van der Waals surface area contributed by atoms with Crippen molar-refractivity contribution in [1.82, 2.24) is 15.5 Å². The molecule has 1 amide bonds. The summed E-state index contributed by atoms with van der Waals surface area (Å²) in [5, 5.41) is 10.4. The molecule has 0 aliphatic rings. The molecule has 6 heteroatoms. The van der Waals surface area contributed by atoms with Gasteiger partial charge in [-0.05, 0) is 29.8 Å². The van der Waals surface area contributed by atoms with Gasteiger partial charge < -0.3 is 5.32 Å². The number of amides is 1. The van der Waals surface area contributed by atoms with Crippen LogP contribution in [0.3, 0.4) is 0 Å². The Bertz CT molecular complexity index is 830. The van der Waals surface area contributed by atoms with Gasteiger partial charge in [-0.3, -0.25) is 9.89 Å². The lowest BCUT2D eigenvalue weighted by atomic mass is 10.1. The highest BCUT2D eigenvalue weighted by Gasteiger charge is 2.11. The van der Waals surface area contributed by atoms with Gasteiger partial charge in [-0.25, -0.2) is 0 Å². The van der Waals surface area contributed by atoms with Crippen LogP contribution in [0.25, 0.3) is 11.3 Å². The standard InChI is InChI=1S/C17H13BrClN3O/c18-13-7-5-11(6-8-13)15-9-16(22-21-15)17(23)20-10-12-3-1-2-4-14(12)19/h1-9H,10H2,(H,20,23)(H,21,22). The summed E-state index contributed by atoms with van der Waals surface area (Å²) in [4.78, 5) is 12.2. The molecular formula is C17H13BrClN3O. The van der Waals surface area contributed by atoms with E-state index in [4.69, 9.17) is 11.6 Å². The average Bonchev–Trinajstić information content (AvgIpc) is 3.04. The first-order chi connectivity index (χ1) is 11.1. The van der Waals surface area contributed by atoms with Crippen LogP contribution in [0.1, 0.15) is 16.1 Å². The van der Waals surface area contributed by atoms with Crippen molar-refractivity contribution in [1.29, 1.82) is 0 Å². The van der Waals surface area contributed by atoms with Crippen LogP contribution < -0.4 is 5.32 Å². The van der Waals surface area contributed by atoms with Gasteiger partial charge in [0.1, 0.15) is 5.69 Å². The molecule has 0 atom stereocenters. The van der Waals surface area contributed by atoms with Gasteiger partial charge in [0.15, 0.2) is 0 Å². The highest BCUT2D eigenvalue weighted by atomic mass is 79.9. The fourth-order valence-electron chi connectivity index (χ4n) is 2.12. The van der Waals surface area contributed by atoms with Crippen molar-refractivity contribution in [3.8, 4) is 11.3 Å². The average molecular weight is 391 g/mol. The molecular weight excluding hydrogens is 378 g/mol. The van der Waals surface area contributed by atoms with E-state index >= 15 is 0 Å². The van der Waals surface area contributed by atoms with Crippen LogP contribution in [0.2, 0.25) is 5.02 Å². The normalized spacial score (nSPS) is 10.5. The monoisotopic (exact) mass is 389 g/mol. The predicted molar refractivity (Wildman–Crippen MR) is 94.3 cm³/mol. The highest BCUT2D eigenvalue weighted by Crippen LogP contribution is 2.20. The Kier molecular flexibility index (Phi) is 4.79. The van der Waals surface area contributed by atoms with Crippen molar-refractivity contribution in [2.24, 2.45) is 0 Å². The topological polar surface area (TPSA) is 57.8 Å². The fourth-order valence-corrected chi connectivity index (χ4v) is 2.59. The Balaban J connectivity index is 1.69. The molecule has 0 aliphatic heterocycles. The molecule has 0 unspecified atom stereocenters. The Morgan fingerprint density at radius 2 is 1.91 bits per heavy atom. The number of H-pyrrole nitrogens is 1. The van der Waals surface area contributed by atoms with E-state index in [0.29, 0.717) is 17.3 Å². The zero-order valence-corrected chi connectivity index (χ0v) is 14.4. The Morgan fingerprint density at radius 1 is 1.17 bits per heavy atom. The molecule has 3 aromatic rings. The molecule has 0 aliphatic carbocycles. The van der Waals surface area contributed by atoms with E-state index < -0.39 is 0 Å². The summed E-state index contributed by atoms with van der Waals surface area (Å²) in [6.07, 6.45) is 0. The number of rotatable bonds is 4. The van der Waals surface area contributed by atoms with E-state index in [1.165, 1.54) is 0 Å². The summed E-state index contributed by atoms with van der Waals surface area (Å²) < 4.78 is 0.995. The van der Waals surface area contributed by atoms with E-state index in [0.717, 1.165) is 21.3 Å². The second-order valence-corrected chi connectivity index (χ2v) is 6.27. The second kappa shape index (κ2) is 6.98. The van der Waals surface area contributed by atoms with Crippen LogP contribution in [-0.4, -0.2) is 16.1 Å². The maximum Gasteiger partial charge on any atom is 0.269 e. The molecule has 116 valence electrons. The molecule has 3 rings (SSSR count). The summed E-state index contributed by atoms with van der Waals surface area (Å²) in [5.74, 6) is -0.221. The van der Waals surface area contributed by atoms with Crippen LogP contribution in [0.5, 0.6) is 0 Å². The molecule has 23 heavy (non-hydrogen) atoms. The third kappa shape index (κ3) is 3.81.